The largest absolute Gasteiger partial charge is 0.481 e. The fourth-order valence-corrected chi connectivity index (χ4v) is 2.01. The maximum absolute atomic E-state index is 12.0. The smallest absolute Gasteiger partial charge is 0.303 e. The highest BCUT2D eigenvalue weighted by Crippen LogP contribution is 2.21. The molecule has 0 fully saturated rings. The second kappa shape index (κ2) is 7.78. The Labute approximate surface area is 125 Å². The van der Waals surface area contributed by atoms with Crippen LogP contribution in [-0.2, 0) is 9.59 Å². The number of nitrogens with two attached hydrogens (primary N) is 1. The van der Waals surface area contributed by atoms with E-state index in [0.29, 0.717) is 5.69 Å². The number of carboxylic acid groups (broad SMARTS) is 1. The summed E-state index contributed by atoms with van der Waals surface area (Å²) in [6.45, 7) is 5.80. The summed E-state index contributed by atoms with van der Waals surface area (Å²) >= 11 is 0. The molecule has 4 N–H and O–H groups in total. The molecule has 116 valence electrons. The van der Waals surface area contributed by atoms with Gasteiger partial charge in [-0.1, -0.05) is 39.3 Å². The molecule has 3 unspecified atom stereocenters. The number of hydrogen-bond acceptors (Lipinski definition) is 3. The van der Waals surface area contributed by atoms with Gasteiger partial charge in [-0.05, 0) is 29.5 Å². The SMILES string of the molecule is CCC(C)C(N)C(=O)Nc1ccc(C(C)CC(=O)O)cc1. The maximum Gasteiger partial charge on any atom is 0.303 e. The minimum Gasteiger partial charge on any atom is -0.481 e. The van der Waals surface area contributed by atoms with E-state index in [1.807, 2.05) is 32.9 Å². The summed E-state index contributed by atoms with van der Waals surface area (Å²) in [6, 6.07) is 6.68. The Balaban J connectivity index is 2.66. The van der Waals surface area contributed by atoms with Crippen molar-refractivity contribution in [2.24, 2.45) is 11.7 Å². The Morgan fingerprint density at radius 2 is 1.81 bits per heavy atom. The van der Waals surface area contributed by atoms with Gasteiger partial charge in [0.05, 0.1) is 12.5 Å². The van der Waals surface area contributed by atoms with Gasteiger partial charge in [0.15, 0.2) is 0 Å². The molecule has 0 aliphatic heterocycles. The van der Waals surface area contributed by atoms with Gasteiger partial charge >= 0.3 is 5.97 Å². The van der Waals surface area contributed by atoms with Crippen LogP contribution in [0.25, 0.3) is 0 Å². The molecule has 0 saturated carbocycles. The van der Waals surface area contributed by atoms with Gasteiger partial charge < -0.3 is 16.2 Å². The predicted octanol–water partition coefficient (Wildman–Crippen LogP) is 2.58. The third-order valence-electron chi connectivity index (χ3n) is 3.79. The van der Waals surface area contributed by atoms with Crippen LogP contribution in [0.2, 0.25) is 0 Å². The van der Waals surface area contributed by atoms with Crippen LogP contribution in [0.1, 0.15) is 45.1 Å². The van der Waals surface area contributed by atoms with Crippen molar-refractivity contribution in [2.75, 3.05) is 5.32 Å². The average molecular weight is 292 g/mol. The summed E-state index contributed by atoms with van der Waals surface area (Å²) in [4.78, 5) is 22.7. The molecule has 0 aliphatic carbocycles. The minimum absolute atomic E-state index is 0.0605. The highest BCUT2D eigenvalue weighted by atomic mass is 16.4. The lowest BCUT2D eigenvalue weighted by Crippen LogP contribution is -2.40. The number of nitrogens with one attached hydrogen (secondary N) is 1. The standard InChI is InChI=1S/C16H24N2O3/c1-4-10(2)15(17)16(21)18-13-7-5-12(6-8-13)11(3)9-14(19)20/h5-8,10-11,15H,4,9,17H2,1-3H3,(H,18,21)(H,19,20). The zero-order valence-electron chi connectivity index (χ0n) is 12.8. The molecule has 5 heteroatoms. The molecule has 0 heterocycles. The molecular weight excluding hydrogens is 268 g/mol. The van der Waals surface area contributed by atoms with Gasteiger partial charge in [-0.25, -0.2) is 0 Å². The van der Waals surface area contributed by atoms with Gasteiger partial charge in [0, 0.05) is 5.69 Å². The van der Waals surface area contributed by atoms with E-state index in [2.05, 4.69) is 5.32 Å². The number of hydrogen-bond donors (Lipinski definition) is 3. The Morgan fingerprint density at radius 3 is 2.29 bits per heavy atom. The Kier molecular flexibility index (Phi) is 6.37. The molecule has 5 nitrogen and oxygen atoms in total. The lowest BCUT2D eigenvalue weighted by atomic mass is 9.97. The topological polar surface area (TPSA) is 92.4 Å². The molecule has 1 aromatic carbocycles. The molecule has 21 heavy (non-hydrogen) atoms. The van der Waals surface area contributed by atoms with Crippen LogP contribution in [0, 0.1) is 5.92 Å². The first-order valence-electron chi connectivity index (χ1n) is 7.23. The normalized spacial score (nSPS) is 15.0. The van der Waals surface area contributed by atoms with Crippen molar-refractivity contribution in [3.8, 4) is 0 Å². The summed E-state index contributed by atoms with van der Waals surface area (Å²) in [5.74, 6) is -0.954. The number of anilines is 1. The van der Waals surface area contributed by atoms with E-state index < -0.39 is 12.0 Å². The zero-order valence-corrected chi connectivity index (χ0v) is 12.8. The lowest BCUT2D eigenvalue weighted by molar-refractivity contribution is -0.137. The number of rotatable bonds is 7. The van der Waals surface area contributed by atoms with Crippen molar-refractivity contribution >= 4 is 17.6 Å². The minimum atomic E-state index is -0.820. The van der Waals surface area contributed by atoms with E-state index in [0.717, 1.165) is 12.0 Å². The van der Waals surface area contributed by atoms with Crippen molar-refractivity contribution < 1.29 is 14.7 Å². The summed E-state index contributed by atoms with van der Waals surface area (Å²) < 4.78 is 0. The maximum atomic E-state index is 12.0. The van der Waals surface area contributed by atoms with Gasteiger partial charge in [-0.3, -0.25) is 9.59 Å². The first-order valence-corrected chi connectivity index (χ1v) is 7.23. The summed E-state index contributed by atoms with van der Waals surface area (Å²) in [5, 5.41) is 11.6. The second-order valence-electron chi connectivity index (χ2n) is 5.52. The van der Waals surface area contributed by atoms with Gasteiger partial charge in [-0.15, -0.1) is 0 Å². The highest BCUT2D eigenvalue weighted by molar-refractivity contribution is 5.94. The van der Waals surface area contributed by atoms with E-state index in [4.69, 9.17) is 10.8 Å². The van der Waals surface area contributed by atoms with Gasteiger partial charge in [0.1, 0.15) is 0 Å². The molecule has 3 atom stereocenters. The van der Waals surface area contributed by atoms with Crippen molar-refractivity contribution in [3.63, 3.8) is 0 Å². The number of carbonyl (C=O) groups is 2. The summed E-state index contributed by atoms with van der Waals surface area (Å²) in [7, 11) is 0. The average Bonchev–Trinajstić information content (AvgIpc) is 2.45. The Hall–Kier alpha value is -1.88. The summed E-state index contributed by atoms with van der Waals surface area (Å²) in [6.07, 6.45) is 0.935. The molecule has 0 radical (unpaired) electrons. The number of carboxylic acids is 1. The van der Waals surface area contributed by atoms with E-state index in [-0.39, 0.29) is 24.2 Å². The second-order valence-corrected chi connectivity index (χ2v) is 5.52. The third kappa shape index (κ3) is 5.19. The van der Waals surface area contributed by atoms with E-state index >= 15 is 0 Å². The lowest BCUT2D eigenvalue weighted by Gasteiger charge is -2.18. The Bertz CT molecular complexity index is 485. The molecule has 1 aromatic rings. The van der Waals surface area contributed by atoms with E-state index in [1.165, 1.54) is 0 Å². The molecule has 0 aliphatic rings. The fraction of sp³-hybridized carbons (Fsp3) is 0.500. The number of carbonyl (C=O) groups excluding carboxylic acids is 1. The quantitative estimate of drug-likeness (QED) is 0.720. The van der Waals surface area contributed by atoms with Crippen LogP contribution in [0.15, 0.2) is 24.3 Å². The fourth-order valence-electron chi connectivity index (χ4n) is 2.01. The molecular formula is C16H24N2O3. The predicted molar refractivity (Wildman–Crippen MR) is 83.2 cm³/mol. The molecule has 1 rings (SSSR count). The molecule has 0 spiro atoms. The van der Waals surface area contributed by atoms with Crippen molar-refractivity contribution in [2.45, 2.75) is 45.6 Å². The molecule has 0 saturated heterocycles. The van der Waals surface area contributed by atoms with Crippen LogP contribution < -0.4 is 11.1 Å². The number of aliphatic carboxylic acids is 1. The van der Waals surface area contributed by atoms with Crippen LogP contribution in [-0.4, -0.2) is 23.0 Å². The van der Waals surface area contributed by atoms with E-state index in [9.17, 15) is 9.59 Å². The van der Waals surface area contributed by atoms with E-state index in [1.54, 1.807) is 12.1 Å². The number of benzene rings is 1. The monoisotopic (exact) mass is 292 g/mol. The van der Waals surface area contributed by atoms with Crippen LogP contribution >= 0.6 is 0 Å². The van der Waals surface area contributed by atoms with Crippen LogP contribution in [0.5, 0.6) is 0 Å². The van der Waals surface area contributed by atoms with Crippen molar-refractivity contribution in [3.05, 3.63) is 29.8 Å². The van der Waals surface area contributed by atoms with Crippen LogP contribution in [0.3, 0.4) is 0 Å². The molecule has 0 bridgehead atoms. The Morgan fingerprint density at radius 1 is 1.24 bits per heavy atom. The van der Waals surface area contributed by atoms with Crippen molar-refractivity contribution in [1.29, 1.82) is 0 Å². The molecule has 0 aromatic heterocycles. The van der Waals surface area contributed by atoms with Gasteiger partial charge in [0.25, 0.3) is 0 Å². The third-order valence-corrected chi connectivity index (χ3v) is 3.79. The summed E-state index contributed by atoms with van der Waals surface area (Å²) in [5.41, 5.74) is 7.48. The first kappa shape index (κ1) is 17.2. The highest BCUT2D eigenvalue weighted by Gasteiger charge is 2.19. The van der Waals surface area contributed by atoms with Crippen LogP contribution in [0.4, 0.5) is 5.69 Å². The molecule has 1 amide bonds. The van der Waals surface area contributed by atoms with Gasteiger partial charge in [-0.2, -0.15) is 0 Å². The zero-order chi connectivity index (χ0) is 16.0. The first-order chi connectivity index (χ1) is 9.85. The number of amides is 1. The van der Waals surface area contributed by atoms with Gasteiger partial charge in [0.2, 0.25) is 5.91 Å². The van der Waals surface area contributed by atoms with Crippen molar-refractivity contribution in [1.82, 2.24) is 0 Å².